The number of hydrogen-bond acceptors (Lipinski definition) is 5. The molecule has 5 aromatic rings. The third-order valence-corrected chi connectivity index (χ3v) is 8.53. The van der Waals surface area contributed by atoms with Gasteiger partial charge in [-0.15, -0.1) is 11.3 Å². The average molecular weight is 496 g/mol. The quantitative estimate of drug-likeness (QED) is 0.332. The van der Waals surface area contributed by atoms with Crippen molar-refractivity contribution < 1.29 is 4.74 Å². The van der Waals surface area contributed by atoms with Crippen LogP contribution in [0.1, 0.15) is 33.6 Å². The van der Waals surface area contributed by atoms with Crippen LogP contribution in [-0.4, -0.2) is 22.7 Å². The monoisotopic (exact) mass is 495 g/mol. The van der Waals surface area contributed by atoms with Gasteiger partial charge in [0.05, 0.1) is 25.4 Å². The number of nitrogens with one attached hydrogen (secondary N) is 1. The van der Waals surface area contributed by atoms with Crippen molar-refractivity contribution >= 4 is 32.3 Å². The van der Waals surface area contributed by atoms with Crippen LogP contribution in [0.25, 0.3) is 21.0 Å². The summed E-state index contributed by atoms with van der Waals surface area (Å²) in [6.45, 7) is 3.45. The average Bonchev–Trinajstić information content (AvgIpc) is 3.29. The molecule has 0 aliphatic heterocycles. The zero-order valence-corrected chi connectivity index (χ0v) is 21.4. The van der Waals surface area contributed by atoms with E-state index in [9.17, 15) is 4.79 Å². The number of aryl methyl sites for hydroxylation is 2. The molecule has 0 bridgehead atoms. The van der Waals surface area contributed by atoms with Gasteiger partial charge in [0, 0.05) is 17.5 Å². The van der Waals surface area contributed by atoms with Crippen LogP contribution in [0, 0.1) is 6.92 Å². The zero-order chi connectivity index (χ0) is 24.6. The van der Waals surface area contributed by atoms with Gasteiger partial charge in [0.15, 0.2) is 0 Å². The summed E-state index contributed by atoms with van der Waals surface area (Å²) < 4.78 is 7.14. The first-order valence-corrected chi connectivity index (χ1v) is 13.3. The molecule has 0 fully saturated rings. The van der Waals surface area contributed by atoms with Crippen LogP contribution >= 0.6 is 11.3 Å². The molecule has 36 heavy (non-hydrogen) atoms. The number of thiophene rings is 1. The van der Waals surface area contributed by atoms with E-state index in [0.717, 1.165) is 41.8 Å². The molecule has 0 radical (unpaired) electrons. The molecule has 1 aliphatic carbocycles. The van der Waals surface area contributed by atoms with Gasteiger partial charge in [0.25, 0.3) is 5.56 Å². The van der Waals surface area contributed by atoms with E-state index in [1.54, 1.807) is 29.3 Å². The summed E-state index contributed by atoms with van der Waals surface area (Å²) in [5, 5.41) is 6.92. The van der Waals surface area contributed by atoms with Gasteiger partial charge < -0.3 is 10.1 Å². The fourth-order valence-corrected chi connectivity index (χ4v) is 6.62. The second-order valence-electron chi connectivity index (χ2n) is 9.62. The molecule has 1 unspecified atom stereocenters. The number of benzene rings is 3. The van der Waals surface area contributed by atoms with E-state index in [4.69, 9.17) is 9.72 Å². The van der Waals surface area contributed by atoms with Gasteiger partial charge in [-0.25, -0.2) is 4.98 Å². The lowest BCUT2D eigenvalue weighted by Crippen LogP contribution is -2.33. The minimum absolute atomic E-state index is 0.0765. The summed E-state index contributed by atoms with van der Waals surface area (Å²) in [7, 11) is 1.70. The molecule has 0 spiro atoms. The highest BCUT2D eigenvalue weighted by Crippen LogP contribution is 2.34. The summed E-state index contributed by atoms with van der Waals surface area (Å²) in [5.74, 6) is 0.880. The molecule has 3 aromatic carbocycles. The molecule has 5 nitrogen and oxygen atoms in total. The van der Waals surface area contributed by atoms with Crippen LogP contribution in [0.5, 0.6) is 5.75 Å². The topological polar surface area (TPSA) is 56.1 Å². The Morgan fingerprint density at radius 1 is 1.14 bits per heavy atom. The van der Waals surface area contributed by atoms with E-state index in [-0.39, 0.29) is 5.56 Å². The van der Waals surface area contributed by atoms with E-state index in [2.05, 4.69) is 60.8 Å². The second-order valence-corrected chi connectivity index (χ2v) is 10.7. The molecule has 1 N–H and O–H groups in total. The maximum absolute atomic E-state index is 13.7. The fraction of sp³-hybridized carbons (Fsp3) is 0.267. The highest BCUT2D eigenvalue weighted by Gasteiger charge is 2.25. The molecule has 6 rings (SSSR count). The summed E-state index contributed by atoms with van der Waals surface area (Å²) in [4.78, 5) is 20.6. The molecule has 1 aliphatic rings. The number of hydrogen-bond donors (Lipinski definition) is 1. The molecular formula is C30H29N3O2S. The first-order chi connectivity index (χ1) is 17.6. The lowest BCUT2D eigenvalue weighted by Gasteiger charge is -2.23. The Morgan fingerprint density at radius 3 is 2.92 bits per heavy atom. The van der Waals surface area contributed by atoms with Crippen molar-refractivity contribution in [3.8, 4) is 5.75 Å². The Balaban J connectivity index is 1.26. The number of fused-ring (bicyclic) bond motifs is 4. The van der Waals surface area contributed by atoms with Crippen LogP contribution in [0.15, 0.2) is 71.8 Å². The predicted molar refractivity (Wildman–Crippen MR) is 147 cm³/mol. The first-order valence-electron chi connectivity index (χ1n) is 12.4. The van der Waals surface area contributed by atoms with E-state index < -0.39 is 0 Å². The highest BCUT2D eigenvalue weighted by atomic mass is 32.1. The SMILES string of the molecule is COc1cccc(CNC2CCc3c(sc4ncn(Cc5c(C)ccc6ccccc56)c(=O)c34)C2)c1. The number of ether oxygens (including phenoxy) is 1. The van der Waals surface area contributed by atoms with Gasteiger partial charge >= 0.3 is 0 Å². The van der Waals surface area contributed by atoms with Crippen LogP contribution in [-0.2, 0) is 25.9 Å². The Kier molecular flexibility index (Phi) is 6.07. The van der Waals surface area contributed by atoms with Crippen molar-refractivity contribution in [2.45, 2.75) is 45.3 Å². The van der Waals surface area contributed by atoms with Gasteiger partial charge in [-0.2, -0.15) is 0 Å². The van der Waals surface area contributed by atoms with Crippen molar-refractivity contribution in [3.63, 3.8) is 0 Å². The van der Waals surface area contributed by atoms with Crippen molar-refractivity contribution in [2.24, 2.45) is 0 Å². The van der Waals surface area contributed by atoms with Gasteiger partial charge in [-0.05, 0) is 71.3 Å². The minimum atomic E-state index is 0.0765. The number of nitrogens with zero attached hydrogens (tertiary/aromatic N) is 2. The van der Waals surface area contributed by atoms with Gasteiger partial charge in [-0.1, -0.05) is 48.5 Å². The summed E-state index contributed by atoms with van der Waals surface area (Å²) in [5.41, 5.74) is 4.87. The van der Waals surface area contributed by atoms with Gasteiger partial charge in [0.1, 0.15) is 10.6 Å². The Morgan fingerprint density at radius 2 is 2.03 bits per heavy atom. The molecule has 2 aromatic heterocycles. The lowest BCUT2D eigenvalue weighted by atomic mass is 9.93. The standard InChI is InChI=1S/C30H29N3O2S/c1-19-10-11-21-7-3-4-9-24(21)26(19)17-33-18-32-29-28(30(33)34)25-13-12-22(15-27(25)36-29)31-16-20-6-5-8-23(14-20)35-2/h3-11,14,18,22,31H,12-13,15-17H2,1-2H3. The van der Waals surface area contributed by atoms with Gasteiger partial charge in [0.2, 0.25) is 0 Å². The maximum Gasteiger partial charge on any atom is 0.262 e. The van der Waals surface area contributed by atoms with E-state index in [1.807, 2.05) is 12.1 Å². The Labute approximate surface area is 214 Å². The second kappa shape index (κ2) is 9.52. The minimum Gasteiger partial charge on any atom is -0.497 e. The largest absolute Gasteiger partial charge is 0.497 e. The van der Waals surface area contributed by atoms with Crippen molar-refractivity contribution in [2.75, 3.05) is 7.11 Å². The molecule has 0 saturated heterocycles. The Bertz CT molecular complexity index is 1640. The normalized spacial score (nSPS) is 15.3. The molecule has 1 atom stereocenters. The molecule has 6 heteroatoms. The molecule has 2 heterocycles. The number of methoxy groups -OCH3 is 1. The molecular weight excluding hydrogens is 466 g/mol. The van der Waals surface area contributed by atoms with Crippen LogP contribution in [0.3, 0.4) is 0 Å². The first kappa shape index (κ1) is 23.0. The van der Waals surface area contributed by atoms with E-state index >= 15 is 0 Å². The number of aromatic nitrogens is 2. The van der Waals surface area contributed by atoms with Crippen molar-refractivity contribution in [1.29, 1.82) is 0 Å². The number of rotatable bonds is 6. The van der Waals surface area contributed by atoms with E-state index in [0.29, 0.717) is 12.6 Å². The van der Waals surface area contributed by atoms with Crippen LogP contribution < -0.4 is 15.6 Å². The van der Waals surface area contributed by atoms with Crippen LogP contribution in [0.4, 0.5) is 0 Å². The molecule has 0 saturated carbocycles. The van der Waals surface area contributed by atoms with Gasteiger partial charge in [-0.3, -0.25) is 9.36 Å². The summed E-state index contributed by atoms with van der Waals surface area (Å²) >= 11 is 1.68. The highest BCUT2D eigenvalue weighted by molar-refractivity contribution is 7.18. The third kappa shape index (κ3) is 4.21. The summed E-state index contributed by atoms with van der Waals surface area (Å²) in [6.07, 6.45) is 4.58. The Hall–Kier alpha value is -3.48. The van der Waals surface area contributed by atoms with Crippen molar-refractivity contribution in [1.82, 2.24) is 14.9 Å². The predicted octanol–water partition coefficient (Wildman–Crippen LogP) is 5.62. The molecule has 182 valence electrons. The zero-order valence-electron chi connectivity index (χ0n) is 20.6. The lowest BCUT2D eigenvalue weighted by molar-refractivity contribution is 0.413. The fourth-order valence-electron chi connectivity index (χ4n) is 5.36. The van der Waals surface area contributed by atoms with Crippen LogP contribution in [0.2, 0.25) is 0 Å². The maximum atomic E-state index is 13.7. The van der Waals surface area contributed by atoms with E-state index in [1.165, 1.54) is 37.9 Å². The summed E-state index contributed by atoms with van der Waals surface area (Å²) in [6, 6.07) is 21.2. The smallest absolute Gasteiger partial charge is 0.262 e. The van der Waals surface area contributed by atoms with Crippen molar-refractivity contribution in [3.05, 3.63) is 104 Å². The third-order valence-electron chi connectivity index (χ3n) is 7.37. The molecule has 0 amide bonds.